The molecule has 0 saturated carbocycles. The van der Waals surface area contributed by atoms with Crippen molar-refractivity contribution in [3.05, 3.63) is 53.5 Å². The fraction of sp³-hybridized carbons (Fsp3) is 0.278. The average molecular weight is 338 g/mol. The second kappa shape index (κ2) is 6.08. The molecule has 3 aromatic rings. The molecule has 0 spiro atoms. The Morgan fingerprint density at radius 1 is 1.36 bits per heavy atom. The van der Waals surface area contributed by atoms with E-state index in [9.17, 15) is 4.79 Å². The molecule has 1 amide bonds. The number of nitrogens with zero attached hydrogens (tertiary/aromatic N) is 3. The van der Waals surface area contributed by atoms with Gasteiger partial charge in [0.25, 0.3) is 5.91 Å². The summed E-state index contributed by atoms with van der Waals surface area (Å²) >= 11 is 0. The molecule has 0 radical (unpaired) electrons. The predicted octanol–water partition coefficient (Wildman–Crippen LogP) is 2.50. The summed E-state index contributed by atoms with van der Waals surface area (Å²) in [4.78, 5) is 12.4. The van der Waals surface area contributed by atoms with E-state index in [4.69, 9.17) is 9.26 Å². The fourth-order valence-electron chi connectivity index (χ4n) is 2.93. The molecule has 1 N–H and O–H groups in total. The quantitative estimate of drug-likeness (QED) is 0.790. The van der Waals surface area contributed by atoms with Crippen molar-refractivity contribution in [2.45, 2.75) is 19.4 Å². The molecular weight excluding hydrogens is 320 g/mol. The van der Waals surface area contributed by atoms with E-state index < -0.39 is 0 Å². The monoisotopic (exact) mass is 338 g/mol. The van der Waals surface area contributed by atoms with Gasteiger partial charge in [-0.2, -0.15) is 5.10 Å². The third-order valence-corrected chi connectivity index (χ3v) is 4.36. The van der Waals surface area contributed by atoms with Crippen LogP contribution in [0.25, 0.3) is 11.3 Å². The van der Waals surface area contributed by atoms with Crippen LogP contribution < -0.4 is 10.1 Å². The van der Waals surface area contributed by atoms with E-state index in [1.807, 2.05) is 31.2 Å². The van der Waals surface area contributed by atoms with Crippen LogP contribution >= 0.6 is 0 Å². The van der Waals surface area contributed by atoms with Crippen LogP contribution in [0.4, 0.5) is 0 Å². The average Bonchev–Trinajstić information content (AvgIpc) is 3.34. The number of hydrogen-bond donors (Lipinski definition) is 1. The lowest BCUT2D eigenvalue weighted by atomic mass is 10.0. The summed E-state index contributed by atoms with van der Waals surface area (Å²) in [5, 5.41) is 11.1. The normalized spacial score (nSPS) is 15.7. The molecule has 0 aliphatic carbocycles. The van der Waals surface area contributed by atoms with Crippen LogP contribution in [0.5, 0.6) is 5.75 Å². The van der Waals surface area contributed by atoms with Crippen molar-refractivity contribution in [2.24, 2.45) is 7.05 Å². The number of nitrogens with one attached hydrogen (secondary N) is 1. The minimum Gasteiger partial charge on any atom is -0.491 e. The molecule has 1 atom stereocenters. The van der Waals surface area contributed by atoms with Crippen molar-refractivity contribution in [3.63, 3.8) is 0 Å². The van der Waals surface area contributed by atoms with Crippen molar-refractivity contribution in [2.75, 3.05) is 6.61 Å². The summed E-state index contributed by atoms with van der Waals surface area (Å²) < 4.78 is 12.6. The minimum atomic E-state index is -0.185. The van der Waals surface area contributed by atoms with E-state index in [2.05, 4.69) is 15.6 Å². The first-order valence-corrected chi connectivity index (χ1v) is 8.17. The van der Waals surface area contributed by atoms with Gasteiger partial charge >= 0.3 is 0 Å². The van der Waals surface area contributed by atoms with Crippen molar-refractivity contribution in [1.82, 2.24) is 20.3 Å². The maximum atomic E-state index is 12.4. The Labute approximate surface area is 144 Å². The molecule has 1 aliphatic heterocycles. The Kier molecular flexibility index (Phi) is 3.76. The maximum Gasteiger partial charge on any atom is 0.270 e. The third kappa shape index (κ3) is 2.77. The molecular formula is C18H18N4O3. The van der Waals surface area contributed by atoms with E-state index in [0.717, 1.165) is 34.8 Å². The fourth-order valence-corrected chi connectivity index (χ4v) is 2.93. The van der Waals surface area contributed by atoms with Crippen LogP contribution in [0, 0.1) is 0 Å². The number of rotatable bonds is 4. The lowest BCUT2D eigenvalue weighted by Crippen LogP contribution is -2.30. The Morgan fingerprint density at radius 3 is 2.96 bits per heavy atom. The summed E-state index contributed by atoms with van der Waals surface area (Å²) in [6.45, 7) is 2.42. The van der Waals surface area contributed by atoms with E-state index in [1.165, 1.54) is 0 Å². The second-order valence-electron chi connectivity index (χ2n) is 5.96. The summed E-state index contributed by atoms with van der Waals surface area (Å²) in [6, 6.07) is 9.29. The zero-order valence-electron chi connectivity index (χ0n) is 14.0. The van der Waals surface area contributed by atoms with Gasteiger partial charge < -0.3 is 14.6 Å². The van der Waals surface area contributed by atoms with Gasteiger partial charge in [-0.05, 0) is 12.1 Å². The first-order valence-electron chi connectivity index (χ1n) is 8.17. The van der Waals surface area contributed by atoms with Crippen molar-refractivity contribution in [3.8, 4) is 17.0 Å². The first-order chi connectivity index (χ1) is 12.2. The van der Waals surface area contributed by atoms with E-state index in [-0.39, 0.29) is 11.9 Å². The number of carbonyl (C=O) groups excluding carboxylic acids is 1. The second-order valence-corrected chi connectivity index (χ2v) is 5.96. The highest BCUT2D eigenvalue weighted by Crippen LogP contribution is 2.36. The standard InChI is InChI=1S/C18H18N4O3/c1-3-12-9-14(21-25-12)11-4-5-13-15(10-24-17(13)8-11)20-18(23)16-6-7-19-22(16)2/h4-9,15H,3,10H2,1-2H3,(H,20,23). The van der Waals surface area contributed by atoms with Gasteiger partial charge in [0.1, 0.15) is 29.5 Å². The van der Waals surface area contributed by atoms with E-state index in [1.54, 1.807) is 24.0 Å². The van der Waals surface area contributed by atoms with Gasteiger partial charge in [0.2, 0.25) is 0 Å². The highest BCUT2D eigenvalue weighted by Gasteiger charge is 2.27. The van der Waals surface area contributed by atoms with Gasteiger partial charge in [0, 0.05) is 36.9 Å². The SMILES string of the molecule is CCc1cc(-c2ccc3c(c2)OCC3NC(=O)c2ccnn2C)no1. The van der Waals surface area contributed by atoms with Crippen molar-refractivity contribution < 1.29 is 14.1 Å². The van der Waals surface area contributed by atoms with Gasteiger partial charge in [-0.25, -0.2) is 0 Å². The van der Waals surface area contributed by atoms with Gasteiger partial charge in [-0.1, -0.05) is 24.2 Å². The Bertz CT molecular complexity index is 928. The largest absolute Gasteiger partial charge is 0.491 e. The van der Waals surface area contributed by atoms with Crippen molar-refractivity contribution in [1.29, 1.82) is 0 Å². The topological polar surface area (TPSA) is 82.2 Å². The predicted molar refractivity (Wildman–Crippen MR) is 90.2 cm³/mol. The summed E-state index contributed by atoms with van der Waals surface area (Å²) in [5.41, 5.74) is 3.18. The molecule has 0 saturated heterocycles. The van der Waals surface area contributed by atoms with E-state index >= 15 is 0 Å². The third-order valence-electron chi connectivity index (χ3n) is 4.36. The van der Waals surface area contributed by atoms with Gasteiger partial charge in [-0.3, -0.25) is 9.48 Å². The molecule has 1 unspecified atom stereocenters. The number of benzene rings is 1. The number of aromatic nitrogens is 3. The van der Waals surface area contributed by atoms with Crippen LogP contribution in [0.3, 0.4) is 0 Å². The first kappa shape index (κ1) is 15.4. The lowest BCUT2D eigenvalue weighted by molar-refractivity contribution is 0.0920. The van der Waals surface area contributed by atoms with Gasteiger partial charge in [0.05, 0.1) is 6.04 Å². The number of ether oxygens (including phenoxy) is 1. The zero-order valence-corrected chi connectivity index (χ0v) is 14.0. The molecule has 4 rings (SSSR count). The molecule has 1 aliphatic rings. The van der Waals surface area contributed by atoms with E-state index in [0.29, 0.717) is 12.3 Å². The Balaban J connectivity index is 1.55. The molecule has 7 heteroatoms. The van der Waals surface area contributed by atoms with Crippen molar-refractivity contribution >= 4 is 5.91 Å². The van der Waals surface area contributed by atoms with Crippen LogP contribution in [0.15, 0.2) is 41.1 Å². The van der Waals surface area contributed by atoms with Crippen LogP contribution in [-0.2, 0) is 13.5 Å². The van der Waals surface area contributed by atoms with Gasteiger partial charge in [-0.15, -0.1) is 0 Å². The highest BCUT2D eigenvalue weighted by molar-refractivity contribution is 5.92. The number of amides is 1. The molecule has 7 nitrogen and oxygen atoms in total. The maximum absolute atomic E-state index is 12.4. The van der Waals surface area contributed by atoms with Crippen LogP contribution in [0.2, 0.25) is 0 Å². The Morgan fingerprint density at radius 2 is 2.24 bits per heavy atom. The number of aryl methyl sites for hydroxylation is 2. The molecule has 2 aromatic heterocycles. The number of hydrogen-bond acceptors (Lipinski definition) is 5. The summed E-state index contributed by atoms with van der Waals surface area (Å²) in [6.07, 6.45) is 2.40. The smallest absolute Gasteiger partial charge is 0.270 e. The minimum absolute atomic E-state index is 0.172. The Hall–Kier alpha value is -3.09. The zero-order chi connectivity index (χ0) is 17.4. The van der Waals surface area contributed by atoms with Crippen LogP contribution in [-0.4, -0.2) is 27.5 Å². The lowest BCUT2D eigenvalue weighted by Gasteiger charge is -2.11. The molecule has 0 fully saturated rings. The molecule has 1 aromatic carbocycles. The van der Waals surface area contributed by atoms with Crippen LogP contribution in [0.1, 0.15) is 34.8 Å². The van der Waals surface area contributed by atoms with Gasteiger partial charge in [0.15, 0.2) is 0 Å². The molecule has 25 heavy (non-hydrogen) atoms. The summed E-state index contributed by atoms with van der Waals surface area (Å²) in [7, 11) is 1.74. The molecule has 128 valence electrons. The summed E-state index contributed by atoms with van der Waals surface area (Å²) in [5.74, 6) is 1.43. The number of fused-ring (bicyclic) bond motifs is 1. The highest BCUT2D eigenvalue weighted by atomic mass is 16.5. The molecule has 3 heterocycles. The molecule has 0 bridgehead atoms. The number of carbonyl (C=O) groups is 1.